The predicted octanol–water partition coefficient (Wildman–Crippen LogP) is 4.35. The molecule has 186 valence electrons. The molecule has 12 nitrogen and oxygen atoms in total. The SMILES string of the molecule is O=C(CN(C(=O)c1ccc(Cl)cc1Cl)N1C(=O)c2cccc([N+](=O)[O-])c2C1=O)c1cccc([N+](=O)[O-])c1. The summed E-state index contributed by atoms with van der Waals surface area (Å²) in [6.07, 6.45) is 0. The summed E-state index contributed by atoms with van der Waals surface area (Å²) in [5.41, 5.74) is -2.39. The first-order chi connectivity index (χ1) is 17.5. The molecule has 0 atom stereocenters. The van der Waals surface area contributed by atoms with Crippen LogP contribution < -0.4 is 0 Å². The smallest absolute Gasteiger partial charge is 0.287 e. The first kappa shape index (κ1) is 25.4. The van der Waals surface area contributed by atoms with Gasteiger partial charge >= 0.3 is 0 Å². The van der Waals surface area contributed by atoms with Crippen LogP contribution in [-0.2, 0) is 0 Å². The maximum absolute atomic E-state index is 13.5. The van der Waals surface area contributed by atoms with Gasteiger partial charge in [-0.15, -0.1) is 0 Å². The molecule has 0 N–H and O–H groups in total. The van der Waals surface area contributed by atoms with Crippen LogP contribution in [-0.4, -0.2) is 49.9 Å². The molecule has 0 aliphatic carbocycles. The van der Waals surface area contributed by atoms with Gasteiger partial charge in [0, 0.05) is 28.8 Å². The number of carbonyl (C=O) groups is 4. The number of hydrogen-bond acceptors (Lipinski definition) is 8. The number of halogens is 2. The quantitative estimate of drug-likeness (QED) is 0.184. The topological polar surface area (TPSA) is 161 Å². The molecule has 0 saturated heterocycles. The molecule has 0 saturated carbocycles. The minimum absolute atomic E-state index is 0.159. The standard InChI is InChI=1S/C23H12Cl2N4O8/c24-13-7-8-15(17(25)10-13)21(31)26(11-19(30)12-3-1-4-14(9-12)28(34)35)27-22(32)16-5-2-6-18(29(36)37)20(16)23(27)33/h1-10H,11H2. The van der Waals surface area contributed by atoms with Crippen molar-refractivity contribution in [1.29, 1.82) is 0 Å². The number of rotatable bonds is 7. The van der Waals surface area contributed by atoms with Gasteiger partial charge in [-0.3, -0.25) is 39.4 Å². The molecule has 3 aromatic rings. The van der Waals surface area contributed by atoms with E-state index in [1.165, 1.54) is 42.5 Å². The van der Waals surface area contributed by atoms with Gasteiger partial charge in [-0.2, -0.15) is 5.01 Å². The van der Waals surface area contributed by atoms with E-state index in [1.807, 2.05) is 0 Å². The summed E-state index contributed by atoms with van der Waals surface area (Å²) >= 11 is 12.0. The Bertz CT molecular complexity index is 1540. The maximum atomic E-state index is 13.5. The normalized spacial score (nSPS) is 12.3. The number of carbonyl (C=O) groups excluding carboxylic acids is 4. The second-order valence-corrected chi connectivity index (χ2v) is 8.44. The number of benzene rings is 3. The Kier molecular flexibility index (Phi) is 6.70. The number of Topliss-reactive ketones (excluding diaryl/α,β-unsaturated/α-hetero) is 1. The number of non-ortho nitro benzene ring substituents is 1. The predicted molar refractivity (Wildman–Crippen MR) is 129 cm³/mol. The fourth-order valence-electron chi connectivity index (χ4n) is 3.68. The second-order valence-electron chi connectivity index (χ2n) is 7.60. The van der Waals surface area contributed by atoms with Crippen molar-refractivity contribution in [3.8, 4) is 0 Å². The van der Waals surface area contributed by atoms with Crippen molar-refractivity contribution in [2.24, 2.45) is 0 Å². The molecule has 1 aliphatic heterocycles. The molecule has 0 radical (unpaired) electrons. The van der Waals surface area contributed by atoms with Crippen molar-refractivity contribution in [3.05, 3.63) is 113 Å². The van der Waals surface area contributed by atoms with Crippen LogP contribution in [0.3, 0.4) is 0 Å². The average Bonchev–Trinajstić information content (AvgIpc) is 3.11. The van der Waals surface area contributed by atoms with E-state index in [1.54, 1.807) is 0 Å². The third-order valence-electron chi connectivity index (χ3n) is 5.38. The molecule has 1 heterocycles. The lowest BCUT2D eigenvalue weighted by Crippen LogP contribution is -2.51. The van der Waals surface area contributed by atoms with Crippen LogP contribution in [0.4, 0.5) is 11.4 Å². The summed E-state index contributed by atoms with van der Waals surface area (Å²) in [4.78, 5) is 74.1. The van der Waals surface area contributed by atoms with Gasteiger partial charge in [0.05, 0.1) is 26.0 Å². The highest BCUT2D eigenvalue weighted by atomic mass is 35.5. The zero-order valence-corrected chi connectivity index (χ0v) is 19.8. The van der Waals surface area contributed by atoms with Crippen molar-refractivity contribution in [2.45, 2.75) is 0 Å². The van der Waals surface area contributed by atoms with Crippen molar-refractivity contribution in [1.82, 2.24) is 10.0 Å². The van der Waals surface area contributed by atoms with Gasteiger partial charge in [-0.25, -0.2) is 5.01 Å². The molecule has 1 aliphatic rings. The van der Waals surface area contributed by atoms with Crippen molar-refractivity contribution < 1.29 is 29.0 Å². The highest BCUT2D eigenvalue weighted by Gasteiger charge is 2.46. The summed E-state index contributed by atoms with van der Waals surface area (Å²) in [5.74, 6) is -4.24. The van der Waals surface area contributed by atoms with Gasteiger partial charge in [0.1, 0.15) is 12.1 Å². The molecule has 0 aromatic heterocycles. The number of hydrogen-bond donors (Lipinski definition) is 0. The summed E-state index contributed by atoms with van der Waals surface area (Å²) in [6.45, 7) is -0.932. The summed E-state index contributed by atoms with van der Waals surface area (Å²) < 4.78 is 0. The van der Waals surface area contributed by atoms with E-state index in [0.717, 1.165) is 18.2 Å². The molecule has 0 unspecified atom stereocenters. The Labute approximate surface area is 216 Å². The molecule has 14 heteroatoms. The van der Waals surface area contributed by atoms with Crippen LogP contribution in [0.2, 0.25) is 10.0 Å². The largest absolute Gasteiger partial charge is 0.292 e. The molecular weight excluding hydrogens is 531 g/mol. The number of amides is 3. The van der Waals surface area contributed by atoms with Crippen LogP contribution >= 0.6 is 23.2 Å². The van der Waals surface area contributed by atoms with Crippen LogP contribution in [0.15, 0.2) is 60.7 Å². The molecule has 0 spiro atoms. The van der Waals surface area contributed by atoms with Gasteiger partial charge in [0.25, 0.3) is 29.1 Å². The van der Waals surface area contributed by atoms with Crippen LogP contribution in [0, 0.1) is 20.2 Å². The van der Waals surface area contributed by atoms with E-state index in [4.69, 9.17) is 23.2 Å². The van der Waals surface area contributed by atoms with Crippen LogP contribution in [0.1, 0.15) is 41.4 Å². The van der Waals surface area contributed by atoms with Gasteiger partial charge in [0.2, 0.25) is 0 Å². The van der Waals surface area contributed by atoms with Gasteiger partial charge in [0.15, 0.2) is 5.78 Å². The fourth-order valence-corrected chi connectivity index (χ4v) is 4.17. The van der Waals surface area contributed by atoms with E-state index in [2.05, 4.69) is 0 Å². The maximum Gasteiger partial charge on any atom is 0.287 e. The Morgan fingerprint density at radius 2 is 1.59 bits per heavy atom. The highest BCUT2D eigenvalue weighted by molar-refractivity contribution is 6.37. The number of nitrogens with zero attached hydrogens (tertiary/aromatic N) is 4. The molecule has 3 amide bonds. The van der Waals surface area contributed by atoms with E-state index < -0.39 is 56.8 Å². The van der Waals surface area contributed by atoms with Crippen molar-refractivity contribution in [2.75, 3.05) is 6.54 Å². The number of imide groups is 1. The lowest BCUT2D eigenvalue weighted by molar-refractivity contribution is -0.385. The fraction of sp³-hybridized carbons (Fsp3) is 0.0435. The second kappa shape index (κ2) is 9.76. The number of ketones is 1. The number of fused-ring (bicyclic) bond motifs is 1. The molecule has 4 rings (SSSR count). The lowest BCUT2D eigenvalue weighted by Gasteiger charge is -2.29. The monoisotopic (exact) mass is 542 g/mol. The molecule has 3 aromatic carbocycles. The third kappa shape index (κ3) is 4.62. The van der Waals surface area contributed by atoms with Gasteiger partial charge in [-0.1, -0.05) is 41.4 Å². The van der Waals surface area contributed by atoms with E-state index in [9.17, 15) is 39.4 Å². The Morgan fingerprint density at radius 3 is 2.24 bits per heavy atom. The Morgan fingerprint density at radius 1 is 0.892 bits per heavy atom. The molecule has 37 heavy (non-hydrogen) atoms. The summed E-state index contributed by atoms with van der Waals surface area (Å²) in [6, 6.07) is 11.7. The van der Waals surface area contributed by atoms with E-state index >= 15 is 0 Å². The minimum Gasteiger partial charge on any atom is -0.292 e. The summed E-state index contributed by atoms with van der Waals surface area (Å²) in [7, 11) is 0. The van der Waals surface area contributed by atoms with Gasteiger partial charge in [-0.05, 0) is 24.3 Å². The highest BCUT2D eigenvalue weighted by Crippen LogP contribution is 2.33. The van der Waals surface area contributed by atoms with E-state index in [0.29, 0.717) is 10.0 Å². The first-order valence-electron chi connectivity index (χ1n) is 10.2. The minimum atomic E-state index is -1.21. The zero-order valence-electron chi connectivity index (χ0n) is 18.3. The number of nitro groups is 2. The lowest BCUT2D eigenvalue weighted by atomic mass is 10.1. The number of nitro benzene ring substituents is 2. The van der Waals surface area contributed by atoms with Crippen LogP contribution in [0.5, 0.6) is 0 Å². The molecule has 0 bridgehead atoms. The van der Waals surface area contributed by atoms with Crippen LogP contribution in [0.25, 0.3) is 0 Å². The Balaban J connectivity index is 1.81. The van der Waals surface area contributed by atoms with Crippen molar-refractivity contribution in [3.63, 3.8) is 0 Å². The van der Waals surface area contributed by atoms with Crippen molar-refractivity contribution >= 4 is 58.1 Å². The zero-order chi connectivity index (χ0) is 27.0. The number of hydrazine groups is 1. The molecular formula is C23H12Cl2N4O8. The summed E-state index contributed by atoms with van der Waals surface area (Å²) in [5, 5.41) is 23.4. The van der Waals surface area contributed by atoms with E-state index in [-0.39, 0.29) is 26.7 Å². The average molecular weight is 543 g/mol. The molecule has 0 fully saturated rings. The Hall–Kier alpha value is -4.68. The third-order valence-corrected chi connectivity index (χ3v) is 5.93. The van der Waals surface area contributed by atoms with Gasteiger partial charge < -0.3 is 0 Å². The first-order valence-corrected chi connectivity index (χ1v) is 11.0.